The van der Waals surface area contributed by atoms with Crippen LogP contribution in [0.2, 0.25) is 0 Å². The van der Waals surface area contributed by atoms with E-state index in [1.807, 2.05) is 12.1 Å². The van der Waals surface area contributed by atoms with Crippen LogP contribution in [-0.4, -0.2) is 63.2 Å². The van der Waals surface area contributed by atoms with E-state index in [4.69, 9.17) is 4.74 Å². The second-order valence-corrected chi connectivity index (χ2v) is 6.54. The first-order valence-electron chi connectivity index (χ1n) is 9.29. The number of nitrogens with one attached hydrogen (secondary N) is 3. The van der Waals surface area contributed by atoms with Gasteiger partial charge in [0.15, 0.2) is 0 Å². The lowest BCUT2D eigenvalue weighted by molar-refractivity contribution is -0.117. The van der Waals surface area contributed by atoms with Crippen molar-refractivity contribution < 1.29 is 14.3 Å². The fourth-order valence-electron chi connectivity index (χ4n) is 2.95. The Balaban J connectivity index is 1.78. The van der Waals surface area contributed by atoms with Gasteiger partial charge in [-0.1, -0.05) is 18.9 Å². The molecule has 0 spiro atoms. The summed E-state index contributed by atoms with van der Waals surface area (Å²) in [5.41, 5.74) is 1.35. The molecule has 7 nitrogen and oxygen atoms in total. The third-order valence-corrected chi connectivity index (χ3v) is 4.26. The van der Waals surface area contributed by atoms with Crippen molar-refractivity contribution in [1.82, 2.24) is 10.2 Å². The zero-order valence-corrected chi connectivity index (χ0v) is 15.6. The highest BCUT2D eigenvalue weighted by atomic mass is 16.5. The van der Waals surface area contributed by atoms with Gasteiger partial charge in [-0.25, -0.2) is 0 Å². The van der Waals surface area contributed by atoms with Gasteiger partial charge in [0.2, 0.25) is 11.8 Å². The summed E-state index contributed by atoms with van der Waals surface area (Å²) in [7, 11) is 1.62. The Labute approximate surface area is 155 Å². The largest absolute Gasteiger partial charge is 0.383 e. The second kappa shape index (κ2) is 11.6. The molecule has 1 saturated heterocycles. The number of benzene rings is 1. The molecular weight excluding hydrogens is 332 g/mol. The predicted octanol–water partition coefficient (Wildman–Crippen LogP) is 1.68. The number of likely N-dealkylation sites (tertiary alicyclic amines) is 1. The number of hydrogen-bond acceptors (Lipinski definition) is 5. The summed E-state index contributed by atoms with van der Waals surface area (Å²) in [6, 6.07) is 7.22. The van der Waals surface area contributed by atoms with E-state index in [-0.39, 0.29) is 18.4 Å². The van der Waals surface area contributed by atoms with Crippen molar-refractivity contribution in [2.24, 2.45) is 0 Å². The Kier molecular flexibility index (Phi) is 9.09. The standard InChI is InChI=1S/C19H30N4O3/c1-26-12-9-20-14-18(24)21-16-7-6-8-17(13-16)22-19(25)15-23-10-4-2-3-5-11-23/h6-8,13,20H,2-5,9-12,14-15H2,1H3,(H,21,24)(H,22,25). The first-order chi connectivity index (χ1) is 12.7. The molecule has 0 bridgehead atoms. The molecule has 3 N–H and O–H groups in total. The van der Waals surface area contributed by atoms with Crippen LogP contribution in [0.15, 0.2) is 24.3 Å². The molecule has 1 aliphatic heterocycles. The highest BCUT2D eigenvalue weighted by Crippen LogP contribution is 2.15. The molecule has 2 amide bonds. The van der Waals surface area contributed by atoms with E-state index in [9.17, 15) is 9.59 Å². The van der Waals surface area contributed by atoms with Gasteiger partial charge in [-0.15, -0.1) is 0 Å². The Bertz CT molecular complexity index is 572. The number of nitrogens with zero attached hydrogens (tertiary/aromatic N) is 1. The van der Waals surface area contributed by atoms with Crippen LogP contribution >= 0.6 is 0 Å². The number of amides is 2. The third-order valence-electron chi connectivity index (χ3n) is 4.26. The number of rotatable bonds is 9. The van der Waals surface area contributed by atoms with Gasteiger partial charge in [-0.2, -0.15) is 0 Å². The van der Waals surface area contributed by atoms with Crippen LogP contribution in [0.3, 0.4) is 0 Å². The van der Waals surface area contributed by atoms with Crippen molar-refractivity contribution in [2.75, 3.05) is 57.1 Å². The number of carbonyl (C=O) groups is 2. The summed E-state index contributed by atoms with van der Waals surface area (Å²) in [5.74, 6) is -0.147. The summed E-state index contributed by atoms with van der Waals surface area (Å²) >= 11 is 0. The quantitative estimate of drug-likeness (QED) is 0.582. The van der Waals surface area contributed by atoms with Crippen LogP contribution in [0.1, 0.15) is 25.7 Å². The van der Waals surface area contributed by atoms with Crippen molar-refractivity contribution in [3.63, 3.8) is 0 Å². The molecule has 1 aliphatic rings. The number of methoxy groups -OCH3 is 1. The minimum atomic E-state index is -0.130. The lowest BCUT2D eigenvalue weighted by atomic mass is 10.2. The molecule has 1 aromatic carbocycles. The number of anilines is 2. The first kappa shape index (κ1) is 20.4. The van der Waals surface area contributed by atoms with Gasteiger partial charge < -0.3 is 20.7 Å². The maximum atomic E-state index is 12.3. The van der Waals surface area contributed by atoms with Gasteiger partial charge in [-0.3, -0.25) is 14.5 Å². The monoisotopic (exact) mass is 362 g/mol. The van der Waals surface area contributed by atoms with Crippen LogP contribution in [0.5, 0.6) is 0 Å². The fourth-order valence-corrected chi connectivity index (χ4v) is 2.95. The van der Waals surface area contributed by atoms with Gasteiger partial charge >= 0.3 is 0 Å². The number of ether oxygens (including phenoxy) is 1. The van der Waals surface area contributed by atoms with E-state index in [1.54, 1.807) is 19.2 Å². The summed E-state index contributed by atoms with van der Waals surface area (Å²) in [6.45, 7) is 3.79. The Hall–Kier alpha value is -1.96. The van der Waals surface area contributed by atoms with Gasteiger partial charge in [0.1, 0.15) is 0 Å². The zero-order valence-electron chi connectivity index (χ0n) is 15.6. The van der Waals surface area contributed by atoms with Gasteiger partial charge in [-0.05, 0) is 44.1 Å². The van der Waals surface area contributed by atoms with E-state index in [1.165, 1.54) is 12.8 Å². The van der Waals surface area contributed by atoms with Crippen molar-refractivity contribution in [3.05, 3.63) is 24.3 Å². The van der Waals surface area contributed by atoms with E-state index in [0.29, 0.717) is 31.1 Å². The molecule has 0 atom stereocenters. The lowest BCUT2D eigenvalue weighted by Gasteiger charge is -2.19. The number of carbonyl (C=O) groups excluding carboxylic acids is 2. The molecular formula is C19H30N4O3. The predicted molar refractivity (Wildman–Crippen MR) is 103 cm³/mol. The summed E-state index contributed by atoms with van der Waals surface area (Å²) in [4.78, 5) is 26.4. The highest BCUT2D eigenvalue weighted by molar-refractivity contribution is 5.95. The van der Waals surface area contributed by atoms with E-state index in [2.05, 4.69) is 20.9 Å². The Morgan fingerprint density at radius 3 is 2.35 bits per heavy atom. The smallest absolute Gasteiger partial charge is 0.238 e. The van der Waals surface area contributed by atoms with Crippen molar-refractivity contribution in [2.45, 2.75) is 25.7 Å². The molecule has 0 unspecified atom stereocenters. The Morgan fingerprint density at radius 2 is 1.69 bits per heavy atom. The molecule has 0 aromatic heterocycles. The van der Waals surface area contributed by atoms with Gasteiger partial charge in [0.05, 0.1) is 19.7 Å². The van der Waals surface area contributed by atoms with Crippen molar-refractivity contribution in [3.8, 4) is 0 Å². The van der Waals surface area contributed by atoms with Crippen LogP contribution in [-0.2, 0) is 14.3 Å². The fraction of sp³-hybridized carbons (Fsp3) is 0.579. The molecule has 26 heavy (non-hydrogen) atoms. The molecule has 1 aromatic rings. The molecule has 0 saturated carbocycles. The van der Waals surface area contributed by atoms with Crippen molar-refractivity contribution >= 4 is 23.2 Å². The number of hydrogen-bond donors (Lipinski definition) is 3. The van der Waals surface area contributed by atoms with E-state index >= 15 is 0 Å². The minimum Gasteiger partial charge on any atom is -0.383 e. The molecule has 144 valence electrons. The molecule has 2 rings (SSSR count). The summed E-state index contributed by atoms with van der Waals surface area (Å²) < 4.78 is 4.92. The topological polar surface area (TPSA) is 82.7 Å². The zero-order chi connectivity index (χ0) is 18.6. The van der Waals surface area contributed by atoms with E-state index < -0.39 is 0 Å². The summed E-state index contributed by atoms with van der Waals surface area (Å²) in [6.07, 6.45) is 4.82. The SMILES string of the molecule is COCCNCC(=O)Nc1cccc(NC(=O)CN2CCCCCC2)c1. The second-order valence-electron chi connectivity index (χ2n) is 6.54. The summed E-state index contributed by atoms with van der Waals surface area (Å²) in [5, 5.41) is 8.73. The lowest BCUT2D eigenvalue weighted by Crippen LogP contribution is -2.34. The molecule has 0 radical (unpaired) electrons. The highest BCUT2D eigenvalue weighted by Gasteiger charge is 2.13. The molecule has 1 fully saturated rings. The van der Waals surface area contributed by atoms with Gasteiger partial charge in [0, 0.05) is 25.0 Å². The van der Waals surface area contributed by atoms with Crippen LogP contribution < -0.4 is 16.0 Å². The van der Waals surface area contributed by atoms with Gasteiger partial charge in [0.25, 0.3) is 0 Å². The van der Waals surface area contributed by atoms with Crippen LogP contribution in [0, 0.1) is 0 Å². The van der Waals surface area contributed by atoms with E-state index in [0.717, 1.165) is 25.9 Å². The first-order valence-corrected chi connectivity index (χ1v) is 9.29. The maximum absolute atomic E-state index is 12.3. The third kappa shape index (κ3) is 7.95. The average molecular weight is 362 g/mol. The van der Waals surface area contributed by atoms with Crippen LogP contribution in [0.4, 0.5) is 11.4 Å². The minimum absolute atomic E-state index is 0.0170. The molecule has 1 heterocycles. The molecule has 0 aliphatic carbocycles. The van der Waals surface area contributed by atoms with Crippen LogP contribution in [0.25, 0.3) is 0 Å². The average Bonchev–Trinajstić information content (AvgIpc) is 2.87. The Morgan fingerprint density at radius 1 is 1.04 bits per heavy atom. The maximum Gasteiger partial charge on any atom is 0.238 e. The normalized spacial score (nSPS) is 15.3. The molecule has 7 heteroatoms. The van der Waals surface area contributed by atoms with Crippen molar-refractivity contribution in [1.29, 1.82) is 0 Å².